The van der Waals surface area contributed by atoms with Crippen molar-refractivity contribution < 1.29 is 5.11 Å². The minimum absolute atomic E-state index is 0.102. The van der Waals surface area contributed by atoms with Crippen molar-refractivity contribution in [1.29, 1.82) is 0 Å². The van der Waals surface area contributed by atoms with Crippen LogP contribution in [0.3, 0.4) is 0 Å². The van der Waals surface area contributed by atoms with E-state index in [-0.39, 0.29) is 17.8 Å². The van der Waals surface area contributed by atoms with Gasteiger partial charge < -0.3 is 25.5 Å². The van der Waals surface area contributed by atoms with Gasteiger partial charge in [-0.3, -0.25) is 0 Å². The molecule has 1 aromatic carbocycles. The topological polar surface area (TPSA) is 102 Å². The van der Waals surface area contributed by atoms with Crippen molar-refractivity contribution >= 4 is 40.3 Å². The Morgan fingerprint density at radius 3 is 2.44 bits per heavy atom. The van der Waals surface area contributed by atoms with E-state index in [0.717, 1.165) is 63.5 Å². The minimum Gasteiger partial charge on any atom is -0.394 e. The molecule has 2 fully saturated rings. The summed E-state index contributed by atoms with van der Waals surface area (Å²) >= 11 is 6.55. The molecule has 0 unspecified atom stereocenters. The van der Waals surface area contributed by atoms with Gasteiger partial charge in [0.1, 0.15) is 0 Å². The molecule has 0 amide bonds. The fourth-order valence-electron chi connectivity index (χ4n) is 4.23. The van der Waals surface area contributed by atoms with Crippen molar-refractivity contribution in [2.24, 2.45) is 0 Å². The lowest BCUT2D eigenvalue weighted by molar-refractivity contribution is 0.276. The number of aliphatic hydroxyl groups is 1. The third-order valence-electron chi connectivity index (χ3n) is 5.96. The fraction of sp³-hybridized carbons (Fsp3) is 0.455. The quantitative estimate of drug-likeness (QED) is 0.517. The lowest BCUT2D eigenvalue weighted by Crippen LogP contribution is -2.44. The second-order valence-corrected chi connectivity index (χ2v) is 8.46. The summed E-state index contributed by atoms with van der Waals surface area (Å²) in [4.78, 5) is 23.5. The van der Waals surface area contributed by atoms with Gasteiger partial charge in [-0.05, 0) is 18.4 Å². The van der Waals surface area contributed by atoms with Crippen molar-refractivity contribution in [3.8, 4) is 0 Å². The summed E-state index contributed by atoms with van der Waals surface area (Å²) in [5.74, 6) is 1.87. The summed E-state index contributed by atoms with van der Waals surface area (Å²) in [6.45, 7) is 5.26. The highest BCUT2D eigenvalue weighted by Gasteiger charge is 2.24. The van der Waals surface area contributed by atoms with Crippen LogP contribution in [0.2, 0.25) is 5.15 Å². The zero-order chi connectivity index (χ0) is 21.9. The molecule has 3 aromatic rings. The average Bonchev–Trinajstić information content (AvgIpc) is 3.38. The molecular formula is C22H27ClN8O. The molecule has 32 heavy (non-hydrogen) atoms. The predicted molar refractivity (Wildman–Crippen MR) is 127 cm³/mol. The Bertz CT molecular complexity index is 1070. The van der Waals surface area contributed by atoms with Gasteiger partial charge in [0.25, 0.3) is 0 Å². The van der Waals surface area contributed by atoms with E-state index < -0.39 is 0 Å². The van der Waals surface area contributed by atoms with E-state index in [0.29, 0.717) is 22.9 Å². The van der Waals surface area contributed by atoms with Crippen LogP contribution in [-0.2, 0) is 0 Å². The van der Waals surface area contributed by atoms with E-state index in [2.05, 4.69) is 25.4 Å². The maximum atomic E-state index is 9.95. The van der Waals surface area contributed by atoms with Crippen LogP contribution in [0, 0.1) is 0 Å². The highest BCUT2D eigenvalue weighted by atomic mass is 35.5. The number of hydrogen-bond acceptors (Lipinski definition) is 9. The number of rotatable bonds is 6. The third-order valence-corrected chi connectivity index (χ3v) is 6.22. The Labute approximate surface area is 191 Å². The number of benzene rings is 1. The average molecular weight is 455 g/mol. The number of hydrogen-bond donors (Lipinski definition) is 3. The Morgan fingerprint density at radius 2 is 1.72 bits per heavy atom. The van der Waals surface area contributed by atoms with Crippen molar-refractivity contribution in [3.63, 3.8) is 0 Å². The van der Waals surface area contributed by atoms with Gasteiger partial charge in [-0.1, -0.05) is 41.9 Å². The summed E-state index contributed by atoms with van der Waals surface area (Å²) < 4.78 is 0. The molecule has 3 N–H and O–H groups in total. The molecule has 0 aliphatic carbocycles. The first-order valence-electron chi connectivity index (χ1n) is 11.1. The van der Waals surface area contributed by atoms with Gasteiger partial charge in [-0.25, -0.2) is 9.97 Å². The van der Waals surface area contributed by atoms with Crippen LogP contribution >= 0.6 is 11.6 Å². The van der Waals surface area contributed by atoms with E-state index in [4.69, 9.17) is 26.6 Å². The Hall–Kier alpha value is -2.75. The van der Waals surface area contributed by atoms with E-state index >= 15 is 0 Å². The normalized spacial score (nSPS) is 17.7. The Morgan fingerprint density at radius 1 is 0.969 bits per heavy atom. The summed E-state index contributed by atoms with van der Waals surface area (Å²) in [5.41, 5.74) is 2.06. The molecule has 2 saturated heterocycles. The summed E-state index contributed by atoms with van der Waals surface area (Å²) in [5, 5.41) is 16.8. The highest BCUT2D eigenvalue weighted by molar-refractivity contribution is 6.32. The first-order valence-corrected chi connectivity index (χ1v) is 11.5. The lowest BCUT2D eigenvalue weighted by Gasteiger charge is -2.28. The minimum atomic E-state index is -0.354. The van der Waals surface area contributed by atoms with Crippen molar-refractivity contribution in [1.82, 2.24) is 25.3 Å². The SMILES string of the molecule is OC[C@H](Nc1nc2nc(N3CCNCC3)nc(N3CCCC3)c2nc1Cl)c1ccccc1. The van der Waals surface area contributed by atoms with E-state index in [1.54, 1.807) is 0 Å². The fourth-order valence-corrected chi connectivity index (χ4v) is 4.42. The Kier molecular flexibility index (Phi) is 6.20. The molecule has 0 saturated carbocycles. The number of fused-ring (bicyclic) bond motifs is 1. The van der Waals surface area contributed by atoms with Gasteiger partial charge in [0, 0.05) is 39.3 Å². The number of anilines is 3. The molecule has 4 heterocycles. The summed E-state index contributed by atoms with van der Waals surface area (Å²) in [6.07, 6.45) is 2.26. The van der Waals surface area contributed by atoms with Gasteiger partial charge in [0.2, 0.25) is 5.95 Å². The van der Waals surface area contributed by atoms with Crippen LogP contribution in [0.4, 0.5) is 17.6 Å². The number of nitrogens with one attached hydrogen (secondary N) is 2. The van der Waals surface area contributed by atoms with Crippen LogP contribution in [0.1, 0.15) is 24.4 Å². The zero-order valence-electron chi connectivity index (χ0n) is 17.8. The second kappa shape index (κ2) is 9.40. The molecule has 5 rings (SSSR count). The molecule has 2 aliphatic rings. The second-order valence-electron chi connectivity index (χ2n) is 8.10. The summed E-state index contributed by atoms with van der Waals surface area (Å²) in [6, 6.07) is 9.35. The molecule has 9 nitrogen and oxygen atoms in total. The van der Waals surface area contributed by atoms with Gasteiger partial charge in [0.05, 0.1) is 12.6 Å². The lowest BCUT2D eigenvalue weighted by atomic mass is 10.1. The predicted octanol–water partition coefficient (Wildman–Crippen LogP) is 2.23. The van der Waals surface area contributed by atoms with Crippen LogP contribution < -0.4 is 20.4 Å². The maximum Gasteiger partial charge on any atom is 0.229 e. The number of halogens is 1. The number of piperazine rings is 1. The monoisotopic (exact) mass is 454 g/mol. The molecule has 168 valence electrons. The molecule has 10 heteroatoms. The van der Waals surface area contributed by atoms with E-state index in [9.17, 15) is 5.11 Å². The Balaban J connectivity index is 1.56. The van der Waals surface area contributed by atoms with Gasteiger partial charge in [-0.15, -0.1) is 0 Å². The number of nitrogens with zero attached hydrogens (tertiary/aromatic N) is 6. The first kappa shape index (κ1) is 21.1. The standard InChI is InChI=1S/C22H27ClN8O/c23-18-20(25-16(14-32)15-6-2-1-3-7-15)27-19-17(26-18)21(30-10-4-5-11-30)29-22(28-19)31-12-8-24-9-13-31/h1-3,6-7,16,24,32H,4-5,8-14H2,(H,25,27,28,29)/t16-/m0/s1. The van der Waals surface area contributed by atoms with E-state index in [1.165, 1.54) is 0 Å². The highest BCUT2D eigenvalue weighted by Crippen LogP contribution is 2.31. The molecule has 1 atom stereocenters. The van der Waals surface area contributed by atoms with Gasteiger partial charge in [-0.2, -0.15) is 9.97 Å². The molecular weight excluding hydrogens is 428 g/mol. The number of aromatic nitrogens is 4. The van der Waals surface area contributed by atoms with Crippen LogP contribution in [0.5, 0.6) is 0 Å². The largest absolute Gasteiger partial charge is 0.394 e. The molecule has 2 aromatic heterocycles. The van der Waals surface area contributed by atoms with Crippen molar-refractivity contribution in [3.05, 3.63) is 41.0 Å². The van der Waals surface area contributed by atoms with Crippen molar-refractivity contribution in [2.45, 2.75) is 18.9 Å². The summed E-state index contributed by atoms with van der Waals surface area (Å²) in [7, 11) is 0. The van der Waals surface area contributed by atoms with Gasteiger partial charge >= 0.3 is 0 Å². The molecule has 0 bridgehead atoms. The van der Waals surface area contributed by atoms with Crippen LogP contribution in [0.25, 0.3) is 11.2 Å². The van der Waals surface area contributed by atoms with Crippen LogP contribution in [-0.4, -0.2) is 70.9 Å². The molecule has 0 radical (unpaired) electrons. The zero-order valence-corrected chi connectivity index (χ0v) is 18.6. The van der Waals surface area contributed by atoms with E-state index in [1.807, 2.05) is 30.3 Å². The third kappa shape index (κ3) is 4.28. The van der Waals surface area contributed by atoms with Crippen molar-refractivity contribution in [2.75, 3.05) is 61.0 Å². The first-order chi connectivity index (χ1) is 15.7. The molecule has 0 spiro atoms. The number of aliphatic hydroxyl groups excluding tert-OH is 1. The molecule has 2 aliphatic heterocycles. The van der Waals surface area contributed by atoms with Crippen LogP contribution in [0.15, 0.2) is 30.3 Å². The maximum absolute atomic E-state index is 9.95. The smallest absolute Gasteiger partial charge is 0.229 e. The van der Waals surface area contributed by atoms with Gasteiger partial charge in [0.15, 0.2) is 28.0 Å².